The number of amides is 1. The summed E-state index contributed by atoms with van der Waals surface area (Å²) in [6, 6.07) is 8.52. The Balaban J connectivity index is 1.83. The maximum Gasteiger partial charge on any atom is 0.408 e. The second-order valence-corrected chi connectivity index (χ2v) is 5.21. The monoisotopic (exact) mass is 322 g/mol. The highest BCUT2D eigenvalue weighted by atomic mass is 16.6. The molecule has 0 radical (unpaired) electrons. The number of carbonyl (C=O) groups is 2. The average molecular weight is 322 g/mol. The molecule has 0 saturated carbocycles. The van der Waals surface area contributed by atoms with Crippen LogP contribution in [0.25, 0.3) is 0 Å². The zero-order valence-electron chi connectivity index (χ0n) is 13.1. The molecule has 1 aromatic carbocycles. The first kappa shape index (κ1) is 17.2. The summed E-state index contributed by atoms with van der Waals surface area (Å²) in [6.45, 7) is 2.14. The first-order chi connectivity index (χ1) is 11.2. The van der Waals surface area contributed by atoms with Gasteiger partial charge in [-0.15, -0.1) is 0 Å². The number of alkyl carbamates (subject to hydrolysis) is 1. The van der Waals surface area contributed by atoms with Crippen molar-refractivity contribution in [3.63, 3.8) is 0 Å². The fourth-order valence-electron chi connectivity index (χ4n) is 2.30. The molecule has 0 aromatic heterocycles. The lowest BCUT2D eigenvalue weighted by Gasteiger charge is -2.26. The third-order valence-corrected chi connectivity index (χ3v) is 3.49. The van der Waals surface area contributed by atoms with Crippen LogP contribution in [0.5, 0.6) is 0 Å². The van der Waals surface area contributed by atoms with Crippen LogP contribution in [0.3, 0.4) is 0 Å². The van der Waals surface area contributed by atoms with E-state index in [1.165, 1.54) is 7.11 Å². The second-order valence-electron chi connectivity index (χ2n) is 5.21. The van der Waals surface area contributed by atoms with E-state index in [0.717, 1.165) is 12.1 Å². The van der Waals surface area contributed by atoms with E-state index >= 15 is 0 Å². The van der Waals surface area contributed by atoms with Crippen LogP contribution in [0.2, 0.25) is 0 Å². The first-order valence-electron chi connectivity index (χ1n) is 7.56. The summed E-state index contributed by atoms with van der Waals surface area (Å²) in [4.78, 5) is 23.7. The van der Waals surface area contributed by atoms with Gasteiger partial charge in [-0.3, -0.25) is 0 Å². The number of benzene rings is 1. The largest absolute Gasteiger partial charge is 0.467 e. The SMILES string of the molecule is COC(=O)[C@H](C[C@H]1CNCCO1)NC(=O)OCc1ccccc1. The number of morpholine rings is 1. The van der Waals surface area contributed by atoms with Gasteiger partial charge in [0.15, 0.2) is 0 Å². The quantitative estimate of drug-likeness (QED) is 0.755. The van der Waals surface area contributed by atoms with Crippen LogP contribution in [-0.4, -0.2) is 51.0 Å². The van der Waals surface area contributed by atoms with Crippen LogP contribution in [0.1, 0.15) is 12.0 Å². The third-order valence-electron chi connectivity index (χ3n) is 3.49. The van der Waals surface area contributed by atoms with Crippen LogP contribution >= 0.6 is 0 Å². The summed E-state index contributed by atoms with van der Waals surface area (Å²) < 4.78 is 15.4. The molecule has 0 aliphatic carbocycles. The highest BCUT2D eigenvalue weighted by molar-refractivity contribution is 5.81. The molecule has 7 nitrogen and oxygen atoms in total. The Morgan fingerprint density at radius 2 is 2.17 bits per heavy atom. The fourth-order valence-corrected chi connectivity index (χ4v) is 2.30. The van der Waals surface area contributed by atoms with Crippen molar-refractivity contribution in [3.05, 3.63) is 35.9 Å². The zero-order valence-corrected chi connectivity index (χ0v) is 13.1. The molecule has 23 heavy (non-hydrogen) atoms. The summed E-state index contributed by atoms with van der Waals surface area (Å²) >= 11 is 0. The molecule has 0 bridgehead atoms. The van der Waals surface area contributed by atoms with Gasteiger partial charge in [0.1, 0.15) is 12.6 Å². The van der Waals surface area contributed by atoms with Gasteiger partial charge >= 0.3 is 12.1 Å². The standard InChI is InChI=1S/C16H22N2O5/c1-21-15(19)14(9-13-10-17-7-8-22-13)18-16(20)23-11-12-5-3-2-4-6-12/h2-6,13-14,17H,7-11H2,1H3,(H,18,20)/t13-,14-/m0/s1. The Bertz CT molecular complexity index is 502. The van der Waals surface area contributed by atoms with Crippen molar-refractivity contribution in [2.24, 2.45) is 0 Å². The van der Waals surface area contributed by atoms with Crippen LogP contribution in [-0.2, 0) is 25.6 Å². The van der Waals surface area contributed by atoms with Gasteiger partial charge in [-0.25, -0.2) is 9.59 Å². The Morgan fingerprint density at radius 3 is 2.83 bits per heavy atom. The van der Waals surface area contributed by atoms with Crippen molar-refractivity contribution in [2.45, 2.75) is 25.2 Å². The molecule has 7 heteroatoms. The number of nitrogens with one attached hydrogen (secondary N) is 2. The second kappa shape index (κ2) is 9.12. The first-order valence-corrected chi connectivity index (χ1v) is 7.56. The van der Waals surface area contributed by atoms with Crippen molar-refractivity contribution in [2.75, 3.05) is 26.8 Å². The summed E-state index contributed by atoms with van der Waals surface area (Å²) in [7, 11) is 1.28. The van der Waals surface area contributed by atoms with Crippen LogP contribution < -0.4 is 10.6 Å². The molecule has 1 fully saturated rings. The molecule has 1 aliphatic rings. The molecular formula is C16H22N2O5. The van der Waals surface area contributed by atoms with E-state index < -0.39 is 18.1 Å². The Morgan fingerprint density at radius 1 is 1.39 bits per heavy atom. The summed E-state index contributed by atoms with van der Waals surface area (Å²) in [5.74, 6) is -0.518. The predicted octanol–water partition coefficient (Wildman–Crippen LogP) is 0.833. The molecule has 1 aromatic rings. The van der Waals surface area contributed by atoms with Gasteiger partial charge in [-0.05, 0) is 5.56 Å². The minimum atomic E-state index is -0.798. The Kier molecular flexibility index (Phi) is 6.83. The smallest absolute Gasteiger partial charge is 0.408 e. The van der Waals surface area contributed by atoms with Gasteiger partial charge in [0, 0.05) is 19.5 Å². The number of carbonyl (C=O) groups excluding carboxylic acids is 2. The highest BCUT2D eigenvalue weighted by Gasteiger charge is 2.27. The molecule has 2 rings (SSSR count). The lowest BCUT2D eigenvalue weighted by molar-refractivity contribution is -0.144. The summed E-state index contributed by atoms with van der Waals surface area (Å²) in [5.41, 5.74) is 0.872. The minimum Gasteiger partial charge on any atom is -0.467 e. The molecule has 0 spiro atoms. The number of rotatable bonds is 6. The fraction of sp³-hybridized carbons (Fsp3) is 0.500. The van der Waals surface area contributed by atoms with E-state index in [4.69, 9.17) is 14.2 Å². The molecule has 2 N–H and O–H groups in total. The van der Waals surface area contributed by atoms with Crippen LogP contribution in [0, 0.1) is 0 Å². The Labute approximate surface area is 135 Å². The molecule has 1 saturated heterocycles. The molecule has 1 aliphatic heterocycles. The number of methoxy groups -OCH3 is 1. The van der Waals surface area contributed by atoms with Gasteiger partial charge in [-0.2, -0.15) is 0 Å². The normalized spacial score (nSPS) is 18.7. The maximum atomic E-state index is 11.9. The van der Waals surface area contributed by atoms with Gasteiger partial charge in [0.25, 0.3) is 0 Å². The number of hydrogen-bond acceptors (Lipinski definition) is 6. The highest BCUT2D eigenvalue weighted by Crippen LogP contribution is 2.08. The topological polar surface area (TPSA) is 85.9 Å². The van der Waals surface area contributed by atoms with Crippen molar-refractivity contribution >= 4 is 12.1 Å². The summed E-state index contributed by atoms with van der Waals surface area (Å²) in [6.07, 6.45) is -0.476. The maximum absolute atomic E-state index is 11.9. The lowest BCUT2D eigenvalue weighted by atomic mass is 10.1. The van der Waals surface area contributed by atoms with E-state index in [1.54, 1.807) is 0 Å². The predicted molar refractivity (Wildman–Crippen MR) is 82.8 cm³/mol. The molecule has 126 valence electrons. The Hall–Kier alpha value is -2.12. The lowest BCUT2D eigenvalue weighted by Crippen LogP contribution is -2.48. The number of esters is 1. The molecule has 1 heterocycles. The van der Waals surface area contributed by atoms with Crippen LogP contribution in [0.15, 0.2) is 30.3 Å². The van der Waals surface area contributed by atoms with Crippen molar-refractivity contribution in [1.29, 1.82) is 0 Å². The van der Waals surface area contributed by atoms with Gasteiger partial charge in [-0.1, -0.05) is 30.3 Å². The van der Waals surface area contributed by atoms with Gasteiger partial charge < -0.3 is 24.8 Å². The number of ether oxygens (including phenoxy) is 3. The van der Waals surface area contributed by atoms with E-state index in [9.17, 15) is 9.59 Å². The van der Waals surface area contributed by atoms with E-state index in [-0.39, 0.29) is 12.7 Å². The number of hydrogen-bond donors (Lipinski definition) is 2. The molecule has 2 atom stereocenters. The van der Waals surface area contributed by atoms with Crippen molar-refractivity contribution < 1.29 is 23.8 Å². The average Bonchev–Trinajstić information content (AvgIpc) is 2.60. The van der Waals surface area contributed by atoms with E-state index in [0.29, 0.717) is 19.6 Å². The van der Waals surface area contributed by atoms with E-state index in [2.05, 4.69) is 10.6 Å². The van der Waals surface area contributed by atoms with Crippen LogP contribution in [0.4, 0.5) is 4.79 Å². The van der Waals surface area contributed by atoms with Crippen molar-refractivity contribution in [1.82, 2.24) is 10.6 Å². The summed E-state index contributed by atoms with van der Waals surface area (Å²) in [5, 5.41) is 5.72. The zero-order chi connectivity index (χ0) is 16.5. The third kappa shape index (κ3) is 5.88. The van der Waals surface area contributed by atoms with Gasteiger partial charge in [0.05, 0.1) is 19.8 Å². The van der Waals surface area contributed by atoms with E-state index in [1.807, 2.05) is 30.3 Å². The van der Waals surface area contributed by atoms with Gasteiger partial charge in [0.2, 0.25) is 0 Å². The van der Waals surface area contributed by atoms with Crippen molar-refractivity contribution in [3.8, 4) is 0 Å². The molecule has 1 amide bonds. The molecular weight excluding hydrogens is 300 g/mol. The minimum absolute atomic E-state index is 0.141. The molecule has 0 unspecified atom stereocenters.